The molecule has 2 aliphatic rings. The Bertz CT molecular complexity index is 600. The first kappa shape index (κ1) is 12.1. The van der Waals surface area contributed by atoms with Gasteiger partial charge in [-0.3, -0.25) is 4.90 Å². The van der Waals surface area contributed by atoms with Crippen molar-refractivity contribution in [1.29, 1.82) is 0 Å². The lowest BCUT2D eigenvalue weighted by Gasteiger charge is -2.13. The van der Waals surface area contributed by atoms with Gasteiger partial charge in [0.2, 0.25) is 0 Å². The molecule has 1 unspecified atom stereocenters. The molecule has 1 atom stereocenters. The molecule has 0 N–H and O–H groups in total. The first-order valence-corrected chi connectivity index (χ1v) is 7.33. The van der Waals surface area contributed by atoms with Gasteiger partial charge >= 0.3 is 0 Å². The minimum absolute atomic E-state index is 0.444. The zero-order chi connectivity index (χ0) is 13.5. The molecule has 1 saturated heterocycles. The van der Waals surface area contributed by atoms with Crippen molar-refractivity contribution in [2.45, 2.75) is 44.7 Å². The van der Waals surface area contributed by atoms with Crippen molar-refractivity contribution in [1.82, 2.24) is 24.9 Å². The third-order valence-corrected chi connectivity index (χ3v) is 4.19. The third kappa shape index (κ3) is 2.35. The summed E-state index contributed by atoms with van der Waals surface area (Å²) in [6, 6.07) is 0.444. The van der Waals surface area contributed by atoms with E-state index in [1.807, 2.05) is 13.1 Å². The van der Waals surface area contributed by atoms with Gasteiger partial charge in [-0.1, -0.05) is 5.21 Å². The summed E-state index contributed by atoms with van der Waals surface area (Å²) in [6.07, 6.45) is 7.65. The second kappa shape index (κ2) is 4.70. The minimum atomic E-state index is 0.444. The molecule has 0 bridgehead atoms. The van der Waals surface area contributed by atoms with Crippen LogP contribution < -0.4 is 0 Å². The van der Waals surface area contributed by atoms with Crippen molar-refractivity contribution in [3.05, 3.63) is 29.7 Å². The van der Waals surface area contributed by atoms with Gasteiger partial charge in [-0.2, -0.15) is 0 Å². The Morgan fingerprint density at radius 3 is 3.00 bits per heavy atom. The largest absolute Gasteiger partial charge is 0.445 e. The van der Waals surface area contributed by atoms with Gasteiger partial charge in [0.1, 0.15) is 5.76 Å². The Hall–Kier alpha value is -1.69. The summed E-state index contributed by atoms with van der Waals surface area (Å²) >= 11 is 0. The molecule has 0 aromatic carbocycles. The maximum Gasteiger partial charge on any atom is 0.191 e. The average Bonchev–Trinajstić information content (AvgIpc) is 2.87. The number of likely N-dealkylation sites (tertiary alicyclic amines) is 1. The van der Waals surface area contributed by atoms with Crippen molar-refractivity contribution in [2.75, 3.05) is 13.1 Å². The highest BCUT2D eigenvalue weighted by Gasteiger charge is 2.29. The Balaban J connectivity index is 1.39. The molecule has 0 spiro atoms. The van der Waals surface area contributed by atoms with Crippen LogP contribution in [-0.4, -0.2) is 38.0 Å². The van der Waals surface area contributed by atoms with Crippen molar-refractivity contribution in [2.24, 2.45) is 0 Å². The molecule has 0 amide bonds. The van der Waals surface area contributed by atoms with Gasteiger partial charge < -0.3 is 4.42 Å². The van der Waals surface area contributed by atoms with Crippen molar-refractivity contribution in [3.8, 4) is 0 Å². The molecule has 1 saturated carbocycles. The maximum atomic E-state index is 5.54. The highest BCUT2D eigenvalue weighted by molar-refractivity contribution is 5.09. The molecular weight excluding hydrogens is 254 g/mol. The summed E-state index contributed by atoms with van der Waals surface area (Å²) in [6.45, 7) is 4.79. The molecule has 1 aliphatic heterocycles. The predicted octanol–water partition coefficient (Wildman–Crippen LogP) is 1.90. The second-order valence-electron chi connectivity index (χ2n) is 5.92. The summed E-state index contributed by atoms with van der Waals surface area (Å²) in [5.41, 5.74) is 1.18. The Morgan fingerprint density at radius 1 is 1.35 bits per heavy atom. The molecule has 0 radical (unpaired) electrons. The molecule has 2 aromatic heterocycles. The molecule has 106 valence electrons. The Morgan fingerprint density at radius 2 is 2.25 bits per heavy atom. The van der Waals surface area contributed by atoms with Gasteiger partial charge in [0.05, 0.1) is 24.5 Å². The van der Waals surface area contributed by atoms with Crippen LogP contribution >= 0.6 is 0 Å². The molecule has 6 nitrogen and oxygen atoms in total. The van der Waals surface area contributed by atoms with Gasteiger partial charge in [-0.15, -0.1) is 5.10 Å². The molecule has 1 aliphatic carbocycles. The first-order valence-electron chi connectivity index (χ1n) is 7.33. The number of rotatable bonds is 4. The fraction of sp³-hybridized carbons (Fsp3) is 0.643. The lowest BCUT2D eigenvalue weighted by Crippen LogP contribution is -2.21. The summed E-state index contributed by atoms with van der Waals surface area (Å²) in [4.78, 5) is 6.54. The standard InChI is InChI=1S/C14H19N5O/c1-10-15-6-13(20-10)8-18-5-4-12(7-18)19-9-14(16-17-19)11-2-3-11/h6,9,11-12H,2-5,7-8H2,1H3. The van der Waals surface area contributed by atoms with Crippen LogP contribution in [-0.2, 0) is 6.54 Å². The summed E-state index contributed by atoms with van der Waals surface area (Å²) in [5, 5.41) is 8.61. The molecule has 4 rings (SSSR count). The molecule has 3 heterocycles. The summed E-state index contributed by atoms with van der Waals surface area (Å²) < 4.78 is 7.60. The summed E-state index contributed by atoms with van der Waals surface area (Å²) in [7, 11) is 0. The Kier molecular flexibility index (Phi) is 2.84. The monoisotopic (exact) mass is 273 g/mol. The number of hydrogen-bond donors (Lipinski definition) is 0. The minimum Gasteiger partial charge on any atom is -0.445 e. The van der Waals surface area contributed by atoms with Crippen molar-refractivity contribution < 1.29 is 4.42 Å². The van der Waals surface area contributed by atoms with E-state index in [1.54, 1.807) is 0 Å². The van der Waals surface area contributed by atoms with E-state index in [0.717, 1.165) is 37.7 Å². The smallest absolute Gasteiger partial charge is 0.191 e. The van der Waals surface area contributed by atoms with Crippen molar-refractivity contribution >= 4 is 0 Å². The molecule has 2 aromatic rings. The van der Waals surface area contributed by atoms with E-state index in [2.05, 4.69) is 31.1 Å². The van der Waals surface area contributed by atoms with E-state index in [0.29, 0.717) is 12.0 Å². The highest BCUT2D eigenvalue weighted by Crippen LogP contribution is 2.39. The molecule has 20 heavy (non-hydrogen) atoms. The quantitative estimate of drug-likeness (QED) is 0.851. The van der Waals surface area contributed by atoms with Crippen LogP contribution in [0.5, 0.6) is 0 Å². The van der Waals surface area contributed by atoms with E-state index >= 15 is 0 Å². The number of aromatic nitrogens is 4. The number of nitrogens with zero attached hydrogens (tertiary/aromatic N) is 5. The van der Waals surface area contributed by atoms with Crippen LogP contribution in [0.25, 0.3) is 0 Å². The van der Waals surface area contributed by atoms with E-state index in [4.69, 9.17) is 4.42 Å². The van der Waals surface area contributed by atoms with Crippen LogP contribution in [0.15, 0.2) is 16.8 Å². The lowest BCUT2D eigenvalue weighted by molar-refractivity contribution is 0.280. The predicted molar refractivity (Wildman–Crippen MR) is 72.2 cm³/mol. The van der Waals surface area contributed by atoms with E-state index in [-0.39, 0.29) is 0 Å². The highest BCUT2D eigenvalue weighted by atomic mass is 16.4. The van der Waals surface area contributed by atoms with Crippen LogP contribution in [0.3, 0.4) is 0 Å². The molecule has 2 fully saturated rings. The fourth-order valence-electron chi connectivity index (χ4n) is 2.91. The third-order valence-electron chi connectivity index (χ3n) is 4.19. The van der Waals surface area contributed by atoms with Gasteiger partial charge in [0.25, 0.3) is 0 Å². The lowest BCUT2D eigenvalue weighted by atomic mass is 10.2. The second-order valence-corrected chi connectivity index (χ2v) is 5.92. The van der Waals surface area contributed by atoms with Crippen molar-refractivity contribution in [3.63, 3.8) is 0 Å². The SMILES string of the molecule is Cc1ncc(CN2CCC(n3cc(C4CC4)nn3)C2)o1. The first-order chi connectivity index (χ1) is 9.78. The van der Waals surface area contributed by atoms with E-state index in [9.17, 15) is 0 Å². The van der Waals surface area contributed by atoms with Crippen LogP contribution in [0.2, 0.25) is 0 Å². The van der Waals surface area contributed by atoms with E-state index in [1.165, 1.54) is 18.5 Å². The molecule has 6 heteroatoms. The number of oxazole rings is 1. The molecular formula is C14H19N5O. The normalized spacial score (nSPS) is 23.6. The number of aryl methyl sites for hydroxylation is 1. The zero-order valence-electron chi connectivity index (χ0n) is 11.7. The van der Waals surface area contributed by atoms with Crippen LogP contribution in [0.4, 0.5) is 0 Å². The van der Waals surface area contributed by atoms with Gasteiger partial charge in [0.15, 0.2) is 5.89 Å². The zero-order valence-corrected chi connectivity index (χ0v) is 11.7. The van der Waals surface area contributed by atoms with Crippen LogP contribution in [0.1, 0.15) is 48.6 Å². The van der Waals surface area contributed by atoms with Gasteiger partial charge in [-0.25, -0.2) is 9.67 Å². The fourth-order valence-corrected chi connectivity index (χ4v) is 2.91. The summed E-state index contributed by atoms with van der Waals surface area (Å²) in [5.74, 6) is 2.36. The van der Waals surface area contributed by atoms with Gasteiger partial charge in [-0.05, 0) is 19.3 Å². The average molecular weight is 273 g/mol. The van der Waals surface area contributed by atoms with E-state index < -0.39 is 0 Å². The van der Waals surface area contributed by atoms with Crippen LogP contribution in [0, 0.1) is 6.92 Å². The Labute approximate surface area is 117 Å². The number of hydrogen-bond acceptors (Lipinski definition) is 5. The topological polar surface area (TPSA) is 60.0 Å². The maximum absolute atomic E-state index is 5.54. The van der Waals surface area contributed by atoms with Gasteiger partial charge in [0, 0.05) is 32.1 Å².